The first-order valence-corrected chi connectivity index (χ1v) is 10.4. The van der Waals surface area contributed by atoms with Crippen molar-refractivity contribution in [2.45, 2.75) is 32.0 Å². The highest BCUT2D eigenvalue weighted by Gasteiger charge is 2.29. The van der Waals surface area contributed by atoms with Gasteiger partial charge in [-0.05, 0) is 42.9 Å². The van der Waals surface area contributed by atoms with Gasteiger partial charge in [-0.15, -0.1) is 24.0 Å². The average Bonchev–Trinajstić information content (AvgIpc) is 2.77. The highest BCUT2D eigenvalue weighted by atomic mass is 127. The number of halogens is 4. The summed E-state index contributed by atoms with van der Waals surface area (Å²) in [6, 6.07) is 4.78. The Kier molecular flexibility index (Phi) is 13.7. The van der Waals surface area contributed by atoms with Crippen LogP contribution >= 0.6 is 24.0 Å². The van der Waals surface area contributed by atoms with E-state index >= 15 is 0 Å². The van der Waals surface area contributed by atoms with Crippen molar-refractivity contribution in [1.29, 1.82) is 0 Å². The van der Waals surface area contributed by atoms with Gasteiger partial charge >= 0.3 is 6.18 Å². The maximum atomic E-state index is 12.4. The number of methoxy groups -OCH3 is 1. The zero-order valence-electron chi connectivity index (χ0n) is 18.5. The maximum Gasteiger partial charge on any atom is 0.422 e. The first kappa shape index (κ1) is 28.6. The van der Waals surface area contributed by atoms with Gasteiger partial charge in [0.25, 0.3) is 0 Å². The molecule has 1 aliphatic rings. The Labute approximate surface area is 204 Å². The lowest BCUT2D eigenvalue weighted by Gasteiger charge is -2.21. The van der Waals surface area contributed by atoms with E-state index in [0.717, 1.165) is 44.6 Å². The van der Waals surface area contributed by atoms with Gasteiger partial charge in [-0.2, -0.15) is 13.2 Å². The maximum absolute atomic E-state index is 12.4. The van der Waals surface area contributed by atoms with Crippen LogP contribution in [0.25, 0.3) is 0 Å². The van der Waals surface area contributed by atoms with E-state index in [2.05, 4.69) is 15.6 Å². The summed E-state index contributed by atoms with van der Waals surface area (Å²) in [6.45, 7) is 2.88. The van der Waals surface area contributed by atoms with Crippen LogP contribution in [-0.2, 0) is 16.0 Å². The van der Waals surface area contributed by atoms with Gasteiger partial charge in [-0.3, -0.25) is 4.99 Å². The molecule has 0 bridgehead atoms. The van der Waals surface area contributed by atoms with E-state index in [1.165, 1.54) is 13.2 Å². The van der Waals surface area contributed by atoms with Crippen LogP contribution in [-0.4, -0.2) is 65.9 Å². The summed E-state index contributed by atoms with van der Waals surface area (Å²) in [5.74, 6) is 1.51. The summed E-state index contributed by atoms with van der Waals surface area (Å²) >= 11 is 0. The van der Waals surface area contributed by atoms with Gasteiger partial charge < -0.3 is 29.6 Å². The predicted octanol–water partition coefficient (Wildman–Crippen LogP) is 3.75. The fourth-order valence-electron chi connectivity index (χ4n) is 3.05. The third-order valence-corrected chi connectivity index (χ3v) is 4.76. The van der Waals surface area contributed by atoms with Crippen LogP contribution in [0.1, 0.15) is 24.8 Å². The SMILES string of the molecule is CN=C(NCCCOCC1CCOCC1)NCc1ccc(OCC(F)(F)F)c(OC)c1.I. The van der Waals surface area contributed by atoms with Crippen LogP contribution in [0.15, 0.2) is 23.2 Å². The van der Waals surface area contributed by atoms with Crippen LogP contribution in [0.5, 0.6) is 11.5 Å². The number of hydrogen-bond donors (Lipinski definition) is 2. The van der Waals surface area contributed by atoms with Crippen LogP contribution < -0.4 is 20.1 Å². The Morgan fingerprint density at radius 2 is 1.94 bits per heavy atom. The Morgan fingerprint density at radius 3 is 2.59 bits per heavy atom. The minimum Gasteiger partial charge on any atom is -0.493 e. The van der Waals surface area contributed by atoms with E-state index in [9.17, 15) is 13.2 Å². The molecule has 1 aliphatic heterocycles. The second-order valence-electron chi connectivity index (χ2n) is 7.23. The minimum atomic E-state index is -4.40. The van der Waals surface area contributed by atoms with Crippen LogP contribution in [0.2, 0.25) is 0 Å². The fourth-order valence-corrected chi connectivity index (χ4v) is 3.05. The molecule has 1 heterocycles. The molecule has 184 valence electrons. The molecule has 0 aliphatic carbocycles. The summed E-state index contributed by atoms with van der Waals surface area (Å²) in [7, 11) is 3.06. The molecule has 0 spiro atoms. The van der Waals surface area contributed by atoms with E-state index in [1.807, 2.05) is 0 Å². The lowest BCUT2D eigenvalue weighted by molar-refractivity contribution is -0.153. The van der Waals surface area contributed by atoms with Crippen molar-refractivity contribution in [2.24, 2.45) is 10.9 Å². The molecule has 0 aromatic heterocycles. The molecular formula is C21H33F3IN3O4. The molecule has 1 aromatic rings. The topological polar surface area (TPSA) is 73.3 Å². The van der Waals surface area contributed by atoms with Gasteiger partial charge in [0.2, 0.25) is 0 Å². The average molecular weight is 575 g/mol. The lowest BCUT2D eigenvalue weighted by Crippen LogP contribution is -2.37. The first-order chi connectivity index (χ1) is 14.9. The van der Waals surface area contributed by atoms with Crippen LogP contribution in [0.3, 0.4) is 0 Å². The number of alkyl halides is 3. The molecule has 1 aromatic carbocycles. The Hall–Kier alpha value is -1.47. The molecule has 7 nitrogen and oxygen atoms in total. The zero-order chi connectivity index (χ0) is 22.5. The van der Waals surface area contributed by atoms with E-state index in [4.69, 9.17) is 18.9 Å². The first-order valence-electron chi connectivity index (χ1n) is 10.4. The standard InChI is InChI=1S/C21H32F3N3O4.HI/c1-25-20(26-8-3-9-30-14-16-6-10-29-11-7-16)27-13-17-4-5-18(19(12-17)28-2)31-15-21(22,23)24;/h4-5,12,16H,3,6-11,13-15H2,1-2H3,(H2,25,26,27);1H. The molecule has 1 saturated heterocycles. The number of aliphatic imine (C=N–C) groups is 1. The van der Waals surface area contributed by atoms with Gasteiger partial charge in [-0.25, -0.2) is 0 Å². The molecule has 1 fully saturated rings. The van der Waals surface area contributed by atoms with Crippen LogP contribution in [0, 0.1) is 5.92 Å². The molecule has 11 heteroatoms. The van der Waals surface area contributed by atoms with Crippen molar-refractivity contribution >= 4 is 29.9 Å². The number of nitrogens with zero attached hydrogens (tertiary/aromatic N) is 1. The summed E-state index contributed by atoms with van der Waals surface area (Å²) < 4.78 is 58.1. The van der Waals surface area contributed by atoms with E-state index in [0.29, 0.717) is 31.6 Å². The van der Waals surface area contributed by atoms with Gasteiger partial charge in [0.05, 0.1) is 7.11 Å². The van der Waals surface area contributed by atoms with Crippen molar-refractivity contribution in [3.05, 3.63) is 23.8 Å². The number of hydrogen-bond acceptors (Lipinski definition) is 5. The van der Waals surface area contributed by atoms with E-state index in [1.54, 1.807) is 19.2 Å². The molecule has 0 atom stereocenters. The molecule has 0 saturated carbocycles. The second-order valence-corrected chi connectivity index (χ2v) is 7.23. The number of guanidine groups is 1. The highest BCUT2D eigenvalue weighted by molar-refractivity contribution is 14.0. The second kappa shape index (κ2) is 15.4. The van der Waals surface area contributed by atoms with E-state index < -0.39 is 12.8 Å². The Morgan fingerprint density at radius 1 is 1.19 bits per heavy atom. The Bertz CT molecular complexity index is 687. The van der Waals surface area contributed by atoms with Crippen molar-refractivity contribution < 1.29 is 32.1 Å². The molecule has 32 heavy (non-hydrogen) atoms. The number of ether oxygens (including phenoxy) is 4. The van der Waals surface area contributed by atoms with Crippen molar-refractivity contribution in [1.82, 2.24) is 10.6 Å². The van der Waals surface area contributed by atoms with Gasteiger partial charge in [-0.1, -0.05) is 6.07 Å². The van der Waals surface area contributed by atoms with Crippen molar-refractivity contribution in [3.8, 4) is 11.5 Å². The third-order valence-electron chi connectivity index (χ3n) is 4.76. The zero-order valence-corrected chi connectivity index (χ0v) is 20.8. The van der Waals surface area contributed by atoms with Crippen molar-refractivity contribution in [3.63, 3.8) is 0 Å². The molecular weight excluding hydrogens is 542 g/mol. The number of benzene rings is 1. The minimum absolute atomic E-state index is 0. The predicted molar refractivity (Wildman–Crippen MR) is 127 cm³/mol. The number of nitrogens with one attached hydrogen (secondary N) is 2. The third kappa shape index (κ3) is 11.4. The van der Waals surface area contributed by atoms with Gasteiger partial charge in [0, 0.05) is 46.6 Å². The molecule has 2 N–H and O–H groups in total. The summed E-state index contributed by atoms with van der Waals surface area (Å²) in [4.78, 5) is 4.17. The monoisotopic (exact) mass is 575 g/mol. The quantitative estimate of drug-likeness (QED) is 0.181. The molecule has 2 rings (SSSR count). The molecule has 0 unspecified atom stereocenters. The molecule has 0 radical (unpaired) electrons. The van der Waals surface area contributed by atoms with Gasteiger partial charge in [0.15, 0.2) is 24.1 Å². The lowest BCUT2D eigenvalue weighted by atomic mass is 10.0. The summed E-state index contributed by atoms with van der Waals surface area (Å²) in [5.41, 5.74) is 0.818. The normalized spacial score (nSPS) is 15.1. The van der Waals surface area contributed by atoms with Gasteiger partial charge in [0.1, 0.15) is 0 Å². The summed E-state index contributed by atoms with van der Waals surface area (Å²) in [5, 5.41) is 6.38. The largest absolute Gasteiger partial charge is 0.493 e. The van der Waals surface area contributed by atoms with Crippen LogP contribution in [0.4, 0.5) is 13.2 Å². The Balaban J connectivity index is 0.00000512. The fraction of sp³-hybridized carbons (Fsp3) is 0.667. The highest BCUT2D eigenvalue weighted by Crippen LogP contribution is 2.29. The smallest absolute Gasteiger partial charge is 0.422 e. The summed E-state index contributed by atoms with van der Waals surface area (Å²) in [6.07, 6.45) is -1.42. The molecule has 0 amide bonds. The number of rotatable bonds is 11. The van der Waals surface area contributed by atoms with Crippen molar-refractivity contribution in [2.75, 3.05) is 53.7 Å². The van der Waals surface area contributed by atoms with E-state index in [-0.39, 0.29) is 35.5 Å².